The molecule has 0 atom stereocenters. The molecule has 0 aliphatic rings. The number of benzene rings is 2. The van der Waals surface area contributed by atoms with Gasteiger partial charge in [-0.1, -0.05) is 66.7 Å². The van der Waals surface area contributed by atoms with E-state index in [0.717, 1.165) is 16.8 Å². The molecule has 0 N–H and O–H groups in total. The van der Waals surface area contributed by atoms with Gasteiger partial charge in [-0.3, -0.25) is 9.59 Å². The topological polar surface area (TPSA) is 45.6 Å². The molecule has 2 aromatic carbocycles. The molecule has 3 aromatic rings. The SMILES string of the molecule is C=CCN(CC(=O)N(Cc1ccccc1)Cc1cccn1C)C(=O)/C=C/c1ccccc1. The van der Waals surface area contributed by atoms with Crippen LogP contribution < -0.4 is 0 Å². The molecule has 0 saturated carbocycles. The van der Waals surface area contributed by atoms with Crippen LogP contribution >= 0.6 is 0 Å². The second-order valence-electron chi connectivity index (χ2n) is 7.60. The van der Waals surface area contributed by atoms with Crippen molar-refractivity contribution >= 4 is 17.9 Å². The molecule has 0 aliphatic carbocycles. The van der Waals surface area contributed by atoms with Gasteiger partial charge < -0.3 is 14.4 Å². The third kappa shape index (κ3) is 6.57. The lowest BCUT2D eigenvalue weighted by atomic mass is 10.2. The van der Waals surface area contributed by atoms with Crippen LogP contribution in [0.15, 0.2) is 97.7 Å². The zero-order valence-electron chi connectivity index (χ0n) is 18.4. The highest BCUT2D eigenvalue weighted by Crippen LogP contribution is 2.12. The highest BCUT2D eigenvalue weighted by Gasteiger charge is 2.20. The van der Waals surface area contributed by atoms with Crippen molar-refractivity contribution in [2.75, 3.05) is 13.1 Å². The van der Waals surface area contributed by atoms with E-state index in [1.54, 1.807) is 17.1 Å². The number of nitrogens with zero attached hydrogens (tertiary/aromatic N) is 3. The highest BCUT2D eigenvalue weighted by molar-refractivity contribution is 5.94. The smallest absolute Gasteiger partial charge is 0.247 e. The maximum atomic E-state index is 13.3. The summed E-state index contributed by atoms with van der Waals surface area (Å²) in [5.74, 6) is -0.334. The van der Waals surface area contributed by atoms with E-state index in [9.17, 15) is 9.59 Å². The molecule has 0 unspecified atom stereocenters. The molecule has 0 saturated heterocycles. The fraction of sp³-hybridized carbons (Fsp3) is 0.185. The van der Waals surface area contributed by atoms with Gasteiger partial charge in [0.05, 0.1) is 6.54 Å². The Bertz CT molecular complexity index is 1050. The van der Waals surface area contributed by atoms with E-state index in [0.29, 0.717) is 19.6 Å². The van der Waals surface area contributed by atoms with Crippen LogP contribution in [-0.2, 0) is 29.7 Å². The Hall–Kier alpha value is -3.86. The van der Waals surface area contributed by atoms with Crippen molar-refractivity contribution in [1.29, 1.82) is 0 Å². The van der Waals surface area contributed by atoms with Crippen LogP contribution in [0.3, 0.4) is 0 Å². The fourth-order valence-electron chi connectivity index (χ4n) is 3.38. The second-order valence-corrected chi connectivity index (χ2v) is 7.60. The van der Waals surface area contributed by atoms with E-state index in [4.69, 9.17) is 0 Å². The van der Waals surface area contributed by atoms with E-state index in [1.807, 2.05) is 90.6 Å². The van der Waals surface area contributed by atoms with Crippen LogP contribution in [0.25, 0.3) is 6.08 Å². The maximum absolute atomic E-state index is 13.3. The molecule has 5 nitrogen and oxygen atoms in total. The van der Waals surface area contributed by atoms with Gasteiger partial charge in [0.1, 0.15) is 6.54 Å². The Morgan fingerprint density at radius 3 is 2.22 bits per heavy atom. The summed E-state index contributed by atoms with van der Waals surface area (Å²) in [6, 6.07) is 23.4. The summed E-state index contributed by atoms with van der Waals surface area (Å²) in [5.41, 5.74) is 3.00. The van der Waals surface area contributed by atoms with Crippen molar-refractivity contribution in [2.45, 2.75) is 13.1 Å². The van der Waals surface area contributed by atoms with Crippen LogP contribution in [0.4, 0.5) is 0 Å². The van der Waals surface area contributed by atoms with Gasteiger partial charge in [0.15, 0.2) is 0 Å². The number of hydrogen-bond acceptors (Lipinski definition) is 2. The Morgan fingerprint density at radius 2 is 1.59 bits per heavy atom. The zero-order valence-corrected chi connectivity index (χ0v) is 18.4. The number of rotatable bonds is 10. The molecule has 0 spiro atoms. The second kappa shape index (κ2) is 11.5. The summed E-state index contributed by atoms with van der Waals surface area (Å²) in [6.45, 7) is 4.97. The summed E-state index contributed by atoms with van der Waals surface area (Å²) < 4.78 is 2.00. The van der Waals surface area contributed by atoms with Crippen LogP contribution in [0.1, 0.15) is 16.8 Å². The first-order chi connectivity index (χ1) is 15.6. The molecule has 2 amide bonds. The monoisotopic (exact) mass is 427 g/mol. The minimum absolute atomic E-state index is 0.0127. The normalized spacial score (nSPS) is 10.8. The molecular weight excluding hydrogens is 398 g/mol. The largest absolute Gasteiger partial charge is 0.353 e. The van der Waals surface area contributed by atoms with Crippen molar-refractivity contribution in [3.05, 3.63) is 115 Å². The lowest BCUT2D eigenvalue weighted by Gasteiger charge is -2.27. The number of amides is 2. The van der Waals surface area contributed by atoms with Crippen LogP contribution in [0, 0.1) is 0 Å². The van der Waals surface area contributed by atoms with Crippen molar-refractivity contribution in [3.8, 4) is 0 Å². The maximum Gasteiger partial charge on any atom is 0.247 e. The molecule has 0 radical (unpaired) electrons. The number of carbonyl (C=O) groups is 2. The third-order valence-electron chi connectivity index (χ3n) is 5.18. The van der Waals surface area contributed by atoms with Gasteiger partial charge in [-0.05, 0) is 29.3 Å². The Labute approximate surface area is 189 Å². The lowest BCUT2D eigenvalue weighted by Crippen LogP contribution is -2.42. The van der Waals surface area contributed by atoms with Gasteiger partial charge in [-0.2, -0.15) is 0 Å². The van der Waals surface area contributed by atoms with Crippen LogP contribution in [0.2, 0.25) is 0 Å². The minimum Gasteiger partial charge on any atom is -0.353 e. The van der Waals surface area contributed by atoms with Gasteiger partial charge in [0.2, 0.25) is 11.8 Å². The first-order valence-electron chi connectivity index (χ1n) is 10.6. The summed E-state index contributed by atoms with van der Waals surface area (Å²) in [6.07, 6.45) is 6.86. The lowest BCUT2D eigenvalue weighted by molar-refractivity contribution is -0.138. The van der Waals surface area contributed by atoms with E-state index in [2.05, 4.69) is 6.58 Å². The predicted molar refractivity (Wildman–Crippen MR) is 128 cm³/mol. The molecular formula is C27H29N3O2. The molecule has 1 heterocycles. The zero-order chi connectivity index (χ0) is 22.8. The number of hydrogen-bond donors (Lipinski definition) is 0. The van der Waals surface area contributed by atoms with E-state index < -0.39 is 0 Å². The van der Waals surface area contributed by atoms with Gasteiger partial charge in [-0.25, -0.2) is 0 Å². The molecule has 0 fully saturated rings. The summed E-state index contributed by atoms with van der Waals surface area (Å²) in [5, 5.41) is 0. The standard InChI is InChI=1S/C27H29N3O2/c1-3-18-29(26(31)17-16-23-11-6-4-7-12-23)22-27(32)30(20-24-13-8-5-9-14-24)21-25-15-10-19-28(25)2/h3-17,19H,1,18,20-22H2,2H3/b17-16+. The minimum atomic E-state index is -0.222. The Balaban J connectivity index is 1.75. The number of aryl methyl sites for hydroxylation is 1. The number of aromatic nitrogens is 1. The van der Waals surface area contributed by atoms with Crippen molar-refractivity contribution in [3.63, 3.8) is 0 Å². The first kappa shape index (κ1) is 22.8. The molecule has 1 aromatic heterocycles. The van der Waals surface area contributed by atoms with Crippen molar-refractivity contribution < 1.29 is 9.59 Å². The van der Waals surface area contributed by atoms with Gasteiger partial charge >= 0.3 is 0 Å². The summed E-state index contributed by atoms with van der Waals surface area (Å²) >= 11 is 0. The van der Waals surface area contributed by atoms with E-state index >= 15 is 0 Å². The van der Waals surface area contributed by atoms with Gasteiger partial charge in [-0.15, -0.1) is 6.58 Å². The van der Waals surface area contributed by atoms with Crippen LogP contribution in [-0.4, -0.2) is 39.3 Å². The molecule has 0 aliphatic heterocycles. The van der Waals surface area contributed by atoms with E-state index in [-0.39, 0.29) is 18.4 Å². The predicted octanol–water partition coefficient (Wildman–Crippen LogP) is 4.28. The Morgan fingerprint density at radius 1 is 0.906 bits per heavy atom. The van der Waals surface area contributed by atoms with Crippen LogP contribution in [0.5, 0.6) is 0 Å². The molecule has 32 heavy (non-hydrogen) atoms. The molecule has 3 rings (SSSR count). The number of carbonyl (C=O) groups excluding carboxylic acids is 2. The highest BCUT2D eigenvalue weighted by atomic mass is 16.2. The molecule has 5 heteroatoms. The quantitative estimate of drug-likeness (QED) is 0.358. The fourth-order valence-corrected chi connectivity index (χ4v) is 3.38. The average molecular weight is 428 g/mol. The molecule has 164 valence electrons. The Kier molecular flexibility index (Phi) is 8.21. The first-order valence-corrected chi connectivity index (χ1v) is 10.6. The summed E-state index contributed by atoms with van der Waals surface area (Å²) in [7, 11) is 1.96. The molecule has 0 bridgehead atoms. The third-order valence-corrected chi connectivity index (χ3v) is 5.18. The summed E-state index contributed by atoms with van der Waals surface area (Å²) in [4.78, 5) is 29.4. The average Bonchev–Trinajstić information content (AvgIpc) is 3.22. The van der Waals surface area contributed by atoms with Crippen molar-refractivity contribution in [1.82, 2.24) is 14.4 Å². The van der Waals surface area contributed by atoms with Crippen molar-refractivity contribution in [2.24, 2.45) is 7.05 Å². The van der Waals surface area contributed by atoms with Gasteiger partial charge in [0, 0.05) is 38.1 Å². The van der Waals surface area contributed by atoms with E-state index in [1.165, 1.54) is 11.0 Å². The van der Waals surface area contributed by atoms with Gasteiger partial charge in [0.25, 0.3) is 0 Å².